The van der Waals surface area contributed by atoms with E-state index < -0.39 is 17.7 Å². The van der Waals surface area contributed by atoms with Gasteiger partial charge in [0.15, 0.2) is 17.3 Å². The topological polar surface area (TPSA) is 85.3 Å². The first-order valence-corrected chi connectivity index (χ1v) is 11.6. The lowest BCUT2D eigenvalue weighted by molar-refractivity contribution is -0.129. The third kappa shape index (κ3) is 4.97. The Morgan fingerprint density at radius 2 is 1.97 bits per heavy atom. The highest BCUT2D eigenvalue weighted by Crippen LogP contribution is 2.42. The molecular formula is C24H29NO6S. The van der Waals surface area contributed by atoms with Crippen molar-refractivity contribution in [1.82, 2.24) is 4.90 Å². The fourth-order valence-corrected chi connectivity index (χ4v) is 4.35. The third-order valence-corrected chi connectivity index (χ3v) is 5.95. The second-order valence-electron chi connectivity index (χ2n) is 7.30. The van der Waals surface area contributed by atoms with Gasteiger partial charge in [0.1, 0.15) is 0 Å². The van der Waals surface area contributed by atoms with Crippen LogP contribution in [0.4, 0.5) is 0 Å². The quantitative estimate of drug-likeness (QED) is 0.370. The molecule has 1 N–H and O–H groups in total. The van der Waals surface area contributed by atoms with Crippen LogP contribution >= 0.6 is 11.3 Å². The maximum Gasteiger partial charge on any atom is 0.290 e. The molecule has 2 heterocycles. The molecule has 0 spiro atoms. The van der Waals surface area contributed by atoms with Gasteiger partial charge in [-0.15, -0.1) is 11.3 Å². The van der Waals surface area contributed by atoms with Crippen LogP contribution < -0.4 is 9.47 Å². The number of Topliss-reactive ketones (excluding diaryl/α,β-unsaturated/α-hetero) is 1. The predicted molar refractivity (Wildman–Crippen MR) is 123 cm³/mol. The molecule has 7 nitrogen and oxygen atoms in total. The number of methoxy groups -OCH3 is 1. The van der Waals surface area contributed by atoms with Crippen LogP contribution in [0.15, 0.2) is 47.0 Å². The van der Waals surface area contributed by atoms with Crippen LogP contribution in [-0.2, 0) is 9.53 Å². The lowest BCUT2D eigenvalue weighted by atomic mass is 9.95. The molecule has 1 aliphatic rings. The van der Waals surface area contributed by atoms with Crippen LogP contribution in [0.1, 0.15) is 48.0 Å². The van der Waals surface area contributed by atoms with Crippen LogP contribution in [-0.4, -0.2) is 55.2 Å². The highest BCUT2D eigenvalue weighted by molar-refractivity contribution is 7.12. The van der Waals surface area contributed by atoms with Gasteiger partial charge >= 0.3 is 0 Å². The van der Waals surface area contributed by atoms with Crippen molar-refractivity contribution in [3.8, 4) is 11.5 Å². The molecule has 1 aromatic carbocycles. The first-order chi connectivity index (χ1) is 15.5. The van der Waals surface area contributed by atoms with Gasteiger partial charge in [0.2, 0.25) is 5.78 Å². The van der Waals surface area contributed by atoms with Crippen molar-refractivity contribution in [2.45, 2.75) is 32.7 Å². The molecule has 0 fully saturated rings. The Kier molecular flexibility index (Phi) is 8.30. The summed E-state index contributed by atoms with van der Waals surface area (Å²) in [4.78, 5) is 28.2. The molecule has 172 valence electrons. The Bertz CT molecular complexity index is 969. The lowest BCUT2D eigenvalue weighted by Crippen LogP contribution is -2.32. The first kappa shape index (κ1) is 23.8. The van der Waals surface area contributed by atoms with Crippen LogP contribution in [0.25, 0.3) is 0 Å². The minimum absolute atomic E-state index is 0.0829. The van der Waals surface area contributed by atoms with Crippen molar-refractivity contribution in [2.75, 3.05) is 33.5 Å². The zero-order valence-corrected chi connectivity index (χ0v) is 19.4. The molecular weight excluding hydrogens is 430 g/mol. The minimum atomic E-state index is -0.728. The molecule has 8 heteroatoms. The van der Waals surface area contributed by atoms with Crippen molar-refractivity contribution >= 4 is 23.0 Å². The largest absolute Gasteiger partial charge is 0.503 e. The summed E-state index contributed by atoms with van der Waals surface area (Å²) < 4.78 is 16.7. The molecule has 1 aromatic heterocycles. The van der Waals surface area contributed by atoms with Crippen molar-refractivity contribution in [1.29, 1.82) is 0 Å². The minimum Gasteiger partial charge on any atom is -0.503 e. The summed E-state index contributed by atoms with van der Waals surface area (Å²) >= 11 is 1.27. The van der Waals surface area contributed by atoms with E-state index in [2.05, 4.69) is 0 Å². The fourth-order valence-electron chi connectivity index (χ4n) is 3.68. The number of nitrogens with zero attached hydrogens (tertiary/aromatic N) is 1. The molecule has 1 aliphatic heterocycles. The second-order valence-corrected chi connectivity index (χ2v) is 8.25. The van der Waals surface area contributed by atoms with E-state index in [0.717, 1.165) is 6.42 Å². The molecule has 0 bridgehead atoms. The third-order valence-electron chi connectivity index (χ3n) is 5.09. The number of hydrogen-bond donors (Lipinski definition) is 1. The van der Waals surface area contributed by atoms with E-state index in [-0.39, 0.29) is 11.4 Å². The number of thiophene rings is 1. The Labute approximate surface area is 192 Å². The average Bonchev–Trinajstić information content (AvgIpc) is 3.41. The first-order valence-electron chi connectivity index (χ1n) is 10.7. The van der Waals surface area contributed by atoms with Crippen LogP contribution in [0.2, 0.25) is 0 Å². The van der Waals surface area contributed by atoms with Gasteiger partial charge < -0.3 is 24.2 Å². The smallest absolute Gasteiger partial charge is 0.290 e. The molecule has 0 saturated heterocycles. The lowest BCUT2D eigenvalue weighted by Gasteiger charge is -2.27. The zero-order chi connectivity index (χ0) is 23.1. The summed E-state index contributed by atoms with van der Waals surface area (Å²) in [5.74, 6) is -0.274. The van der Waals surface area contributed by atoms with Gasteiger partial charge in [-0.25, -0.2) is 0 Å². The van der Waals surface area contributed by atoms with Crippen molar-refractivity contribution in [3.63, 3.8) is 0 Å². The predicted octanol–water partition coefficient (Wildman–Crippen LogP) is 4.55. The van der Waals surface area contributed by atoms with Gasteiger partial charge in [-0.05, 0) is 48.9 Å². The van der Waals surface area contributed by atoms with E-state index in [4.69, 9.17) is 14.2 Å². The Hall–Kier alpha value is -2.84. The Morgan fingerprint density at radius 3 is 2.62 bits per heavy atom. The molecule has 1 amide bonds. The van der Waals surface area contributed by atoms with Crippen molar-refractivity contribution < 1.29 is 28.9 Å². The van der Waals surface area contributed by atoms with E-state index >= 15 is 0 Å². The van der Waals surface area contributed by atoms with E-state index in [1.165, 1.54) is 16.2 Å². The molecule has 0 saturated carbocycles. The van der Waals surface area contributed by atoms with Crippen LogP contribution in [0.5, 0.6) is 11.5 Å². The molecule has 0 radical (unpaired) electrons. The van der Waals surface area contributed by atoms with E-state index in [9.17, 15) is 14.7 Å². The molecule has 2 aromatic rings. The summed E-state index contributed by atoms with van der Waals surface area (Å²) in [6.07, 6.45) is 1.43. The van der Waals surface area contributed by atoms with Gasteiger partial charge in [0.05, 0.1) is 29.7 Å². The summed E-state index contributed by atoms with van der Waals surface area (Å²) in [6, 6.07) is 8.12. The second kappa shape index (κ2) is 11.2. The summed E-state index contributed by atoms with van der Waals surface area (Å²) in [6.45, 7) is 5.68. The summed E-state index contributed by atoms with van der Waals surface area (Å²) in [5.41, 5.74) is 0.756. The number of carbonyl (C=O) groups excluding carboxylic acids is 2. The van der Waals surface area contributed by atoms with E-state index in [1.807, 2.05) is 19.9 Å². The van der Waals surface area contributed by atoms with Gasteiger partial charge in [-0.1, -0.05) is 19.1 Å². The van der Waals surface area contributed by atoms with Crippen molar-refractivity contribution in [3.05, 3.63) is 57.5 Å². The summed E-state index contributed by atoms with van der Waals surface area (Å²) in [5, 5.41) is 12.5. The number of amides is 1. The fraction of sp³-hybridized carbons (Fsp3) is 0.417. The maximum atomic E-state index is 13.3. The Morgan fingerprint density at radius 1 is 1.16 bits per heavy atom. The number of aliphatic hydroxyl groups excluding tert-OH is 1. The van der Waals surface area contributed by atoms with E-state index in [1.54, 1.807) is 36.8 Å². The highest BCUT2D eigenvalue weighted by Gasteiger charge is 2.44. The zero-order valence-electron chi connectivity index (χ0n) is 18.6. The van der Waals surface area contributed by atoms with Gasteiger partial charge in [-0.2, -0.15) is 0 Å². The number of ketones is 1. The van der Waals surface area contributed by atoms with E-state index in [0.29, 0.717) is 54.7 Å². The molecule has 0 aliphatic carbocycles. The Balaban J connectivity index is 2.05. The number of hydrogen-bond acceptors (Lipinski definition) is 7. The number of ether oxygens (including phenoxy) is 3. The molecule has 1 unspecified atom stereocenters. The van der Waals surface area contributed by atoms with Gasteiger partial charge in [-0.3, -0.25) is 9.59 Å². The number of rotatable bonds is 12. The number of benzene rings is 1. The normalized spacial score (nSPS) is 16.0. The number of aliphatic hydroxyl groups is 1. The molecule has 1 atom stereocenters. The monoisotopic (exact) mass is 459 g/mol. The van der Waals surface area contributed by atoms with Crippen molar-refractivity contribution in [2.24, 2.45) is 0 Å². The molecule has 3 rings (SSSR count). The highest BCUT2D eigenvalue weighted by atomic mass is 32.1. The van der Waals surface area contributed by atoms with Crippen LogP contribution in [0, 0.1) is 0 Å². The van der Waals surface area contributed by atoms with Gasteiger partial charge in [0.25, 0.3) is 5.91 Å². The maximum absolute atomic E-state index is 13.3. The standard InChI is InChI=1S/C24H29NO6S/c1-4-12-31-17-10-9-16(15-18(17)30-5-2)21-20(22(26)19-8-6-14-32-19)23(27)24(28)25(21)11-7-13-29-3/h6,8-10,14-15,21,27H,4-5,7,11-13H2,1-3H3. The number of carbonyl (C=O) groups is 2. The van der Waals surface area contributed by atoms with Crippen LogP contribution in [0.3, 0.4) is 0 Å². The average molecular weight is 460 g/mol. The van der Waals surface area contributed by atoms with Gasteiger partial charge in [0, 0.05) is 20.3 Å². The molecule has 32 heavy (non-hydrogen) atoms. The SMILES string of the molecule is CCCOc1ccc(C2C(C(=O)c3cccs3)=C(O)C(=O)N2CCCOC)cc1OCC. The summed E-state index contributed by atoms with van der Waals surface area (Å²) in [7, 11) is 1.59.